The van der Waals surface area contributed by atoms with Crippen LogP contribution >= 0.6 is 22.6 Å². The van der Waals surface area contributed by atoms with Crippen LogP contribution in [0.15, 0.2) is 18.2 Å². The molecule has 0 spiro atoms. The molecule has 0 radical (unpaired) electrons. The van der Waals surface area contributed by atoms with Gasteiger partial charge in [0.05, 0.1) is 10.5 Å². The molecule has 1 aromatic rings. The van der Waals surface area contributed by atoms with Crippen LogP contribution in [0.25, 0.3) is 0 Å². The van der Waals surface area contributed by atoms with Crippen LogP contribution in [0.1, 0.15) is 23.2 Å². The Morgan fingerprint density at radius 2 is 2.30 bits per heavy atom. The van der Waals surface area contributed by atoms with E-state index < -0.39 is 4.92 Å². The maximum absolute atomic E-state index is 12.4. The number of benzene rings is 1. The van der Waals surface area contributed by atoms with Crippen LogP contribution in [-0.4, -0.2) is 40.5 Å². The van der Waals surface area contributed by atoms with Gasteiger partial charge >= 0.3 is 0 Å². The number of carbonyl (C=O) groups excluding carboxylic acids is 1. The minimum Gasteiger partial charge on any atom is -0.396 e. The van der Waals surface area contributed by atoms with Gasteiger partial charge in [0, 0.05) is 35.4 Å². The molecule has 0 bridgehead atoms. The number of nitrogens with zero attached hydrogens (tertiary/aromatic N) is 2. The van der Waals surface area contributed by atoms with Crippen molar-refractivity contribution in [2.24, 2.45) is 5.92 Å². The van der Waals surface area contributed by atoms with Gasteiger partial charge in [-0.05, 0) is 47.4 Å². The van der Waals surface area contributed by atoms with Crippen LogP contribution in [0.3, 0.4) is 0 Å². The number of hydrogen-bond donors (Lipinski definition) is 1. The molecule has 20 heavy (non-hydrogen) atoms. The lowest BCUT2D eigenvalue weighted by Gasteiger charge is -2.17. The molecule has 0 saturated carbocycles. The summed E-state index contributed by atoms with van der Waals surface area (Å²) in [5.41, 5.74) is 0.310. The number of nitro groups is 1. The highest BCUT2D eigenvalue weighted by Crippen LogP contribution is 2.25. The number of amides is 1. The van der Waals surface area contributed by atoms with Gasteiger partial charge in [-0.25, -0.2) is 0 Å². The van der Waals surface area contributed by atoms with Crippen molar-refractivity contribution in [2.45, 2.75) is 12.8 Å². The van der Waals surface area contributed by atoms with Crippen molar-refractivity contribution >= 4 is 34.2 Å². The molecule has 1 aliphatic heterocycles. The van der Waals surface area contributed by atoms with E-state index in [1.165, 1.54) is 12.1 Å². The van der Waals surface area contributed by atoms with Gasteiger partial charge < -0.3 is 10.0 Å². The summed E-state index contributed by atoms with van der Waals surface area (Å²) in [7, 11) is 0. The zero-order valence-electron chi connectivity index (χ0n) is 10.8. The molecule has 1 saturated heterocycles. The van der Waals surface area contributed by atoms with Crippen LogP contribution in [0, 0.1) is 19.6 Å². The Balaban J connectivity index is 2.17. The molecule has 1 atom stereocenters. The van der Waals surface area contributed by atoms with Gasteiger partial charge in [-0.3, -0.25) is 14.9 Å². The van der Waals surface area contributed by atoms with E-state index in [-0.39, 0.29) is 18.2 Å². The van der Waals surface area contributed by atoms with E-state index in [0.717, 1.165) is 6.42 Å². The first-order valence-corrected chi connectivity index (χ1v) is 7.45. The first-order chi connectivity index (χ1) is 9.52. The molecule has 0 aromatic heterocycles. The number of carbonyl (C=O) groups is 1. The summed E-state index contributed by atoms with van der Waals surface area (Å²) in [6, 6.07) is 4.33. The molecule has 1 aromatic carbocycles. The van der Waals surface area contributed by atoms with Crippen LogP contribution < -0.4 is 0 Å². The Hall–Kier alpha value is -1.22. The van der Waals surface area contributed by atoms with Gasteiger partial charge in [-0.15, -0.1) is 0 Å². The number of rotatable bonds is 4. The summed E-state index contributed by atoms with van der Waals surface area (Å²) in [6.07, 6.45) is 1.56. The van der Waals surface area contributed by atoms with Gasteiger partial charge in [-0.1, -0.05) is 0 Å². The summed E-state index contributed by atoms with van der Waals surface area (Å²) in [4.78, 5) is 24.4. The predicted octanol–water partition coefficient (Wildman–Crippen LogP) is 2.04. The van der Waals surface area contributed by atoms with Gasteiger partial charge in [0.25, 0.3) is 11.6 Å². The third-order valence-electron chi connectivity index (χ3n) is 3.50. The highest BCUT2D eigenvalue weighted by Gasteiger charge is 2.28. The molecule has 108 valence electrons. The zero-order valence-corrected chi connectivity index (χ0v) is 12.9. The molecular weight excluding hydrogens is 375 g/mol. The molecule has 0 aliphatic carbocycles. The lowest BCUT2D eigenvalue weighted by atomic mass is 10.1. The second kappa shape index (κ2) is 6.49. The fourth-order valence-corrected chi connectivity index (χ4v) is 2.96. The van der Waals surface area contributed by atoms with E-state index in [0.29, 0.717) is 34.6 Å². The lowest BCUT2D eigenvalue weighted by molar-refractivity contribution is -0.384. The average molecular weight is 390 g/mol. The van der Waals surface area contributed by atoms with E-state index in [1.807, 2.05) is 22.6 Å². The zero-order chi connectivity index (χ0) is 14.7. The number of hydrogen-bond acceptors (Lipinski definition) is 4. The van der Waals surface area contributed by atoms with E-state index in [4.69, 9.17) is 5.11 Å². The van der Waals surface area contributed by atoms with Gasteiger partial charge in [-0.2, -0.15) is 0 Å². The summed E-state index contributed by atoms with van der Waals surface area (Å²) >= 11 is 2.01. The molecule has 6 nitrogen and oxygen atoms in total. The maximum Gasteiger partial charge on any atom is 0.270 e. The Labute approximate surface area is 130 Å². The molecular formula is C13H15IN2O4. The first kappa shape index (κ1) is 15.2. The summed E-state index contributed by atoms with van der Waals surface area (Å²) in [5.74, 6) is 0.152. The van der Waals surface area contributed by atoms with Crippen molar-refractivity contribution in [3.05, 3.63) is 37.4 Å². The molecule has 7 heteroatoms. The molecule has 1 heterocycles. The second-order valence-electron chi connectivity index (χ2n) is 4.84. The van der Waals surface area contributed by atoms with E-state index in [2.05, 4.69) is 0 Å². The fraction of sp³-hybridized carbons (Fsp3) is 0.462. The van der Waals surface area contributed by atoms with E-state index in [1.54, 1.807) is 11.0 Å². The van der Waals surface area contributed by atoms with Crippen molar-refractivity contribution < 1.29 is 14.8 Å². The summed E-state index contributed by atoms with van der Waals surface area (Å²) in [5, 5.41) is 19.7. The van der Waals surface area contributed by atoms with Crippen LogP contribution in [0.5, 0.6) is 0 Å². The number of likely N-dealkylation sites (tertiary alicyclic amines) is 1. The van der Waals surface area contributed by atoms with Crippen molar-refractivity contribution in [3.8, 4) is 0 Å². The van der Waals surface area contributed by atoms with Crippen LogP contribution in [0.2, 0.25) is 0 Å². The normalized spacial score (nSPS) is 18.3. The number of nitro benzene ring substituents is 1. The van der Waals surface area contributed by atoms with Crippen molar-refractivity contribution in [1.29, 1.82) is 0 Å². The average Bonchev–Trinajstić information content (AvgIpc) is 2.87. The van der Waals surface area contributed by atoms with E-state index >= 15 is 0 Å². The largest absolute Gasteiger partial charge is 0.396 e. The highest BCUT2D eigenvalue weighted by molar-refractivity contribution is 14.1. The topological polar surface area (TPSA) is 83.7 Å². The molecule has 1 fully saturated rings. The highest BCUT2D eigenvalue weighted by atomic mass is 127. The summed E-state index contributed by atoms with van der Waals surface area (Å²) < 4.78 is 0.712. The minimum absolute atomic E-state index is 0.0696. The van der Waals surface area contributed by atoms with Crippen molar-refractivity contribution in [2.75, 3.05) is 19.7 Å². The fourth-order valence-electron chi connectivity index (χ4n) is 2.40. The molecule has 1 N–H and O–H groups in total. The lowest BCUT2D eigenvalue weighted by Crippen LogP contribution is -2.29. The third-order valence-corrected chi connectivity index (χ3v) is 4.44. The number of aliphatic hydroxyl groups excluding tert-OH is 1. The number of non-ortho nitro benzene ring substituents is 1. The minimum atomic E-state index is -0.495. The number of halogens is 1. The Morgan fingerprint density at radius 3 is 2.95 bits per heavy atom. The third kappa shape index (κ3) is 3.26. The SMILES string of the molecule is O=C(c1cc([N+](=O)[O-])ccc1I)N1CCC(CCO)C1. The maximum atomic E-state index is 12.4. The predicted molar refractivity (Wildman–Crippen MR) is 81.5 cm³/mol. The first-order valence-electron chi connectivity index (χ1n) is 6.37. The number of aliphatic hydroxyl groups is 1. The quantitative estimate of drug-likeness (QED) is 0.485. The van der Waals surface area contributed by atoms with Crippen molar-refractivity contribution in [1.82, 2.24) is 4.90 Å². The second-order valence-corrected chi connectivity index (χ2v) is 6.00. The molecule has 2 rings (SSSR count). The Bertz CT molecular complexity index is 535. The van der Waals surface area contributed by atoms with Gasteiger partial charge in [0.15, 0.2) is 0 Å². The van der Waals surface area contributed by atoms with E-state index in [9.17, 15) is 14.9 Å². The van der Waals surface area contributed by atoms with Gasteiger partial charge in [0.2, 0.25) is 0 Å². The monoisotopic (exact) mass is 390 g/mol. The molecule has 1 unspecified atom stereocenters. The standard InChI is InChI=1S/C13H15IN2O4/c14-12-2-1-10(16(19)20)7-11(12)13(18)15-5-3-9(8-15)4-6-17/h1-2,7,9,17H,3-6,8H2. The molecule has 1 aliphatic rings. The van der Waals surface area contributed by atoms with Gasteiger partial charge in [0.1, 0.15) is 0 Å². The molecule has 1 amide bonds. The Kier molecular flexibility index (Phi) is 4.92. The smallest absolute Gasteiger partial charge is 0.270 e. The summed E-state index contributed by atoms with van der Waals surface area (Å²) in [6.45, 7) is 1.38. The van der Waals surface area contributed by atoms with Crippen LogP contribution in [0.4, 0.5) is 5.69 Å². The van der Waals surface area contributed by atoms with Crippen LogP contribution in [-0.2, 0) is 0 Å². The van der Waals surface area contributed by atoms with Crippen molar-refractivity contribution in [3.63, 3.8) is 0 Å². The Morgan fingerprint density at radius 1 is 1.55 bits per heavy atom.